The van der Waals surface area contributed by atoms with E-state index in [0.717, 1.165) is 50.8 Å². The van der Waals surface area contributed by atoms with E-state index in [1.807, 2.05) is 19.1 Å². The average molecular weight is 458 g/mol. The Morgan fingerprint density at radius 2 is 2.00 bits per heavy atom. The van der Waals surface area contributed by atoms with Gasteiger partial charge in [-0.3, -0.25) is 4.99 Å². The van der Waals surface area contributed by atoms with E-state index >= 15 is 0 Å². The summed E-state index contributed by atoms with van der Waals surface area (Å²) in [5, 5.41) is 10.7. The van der Waals surface area contributed by atoms with Gasteiger partial charge in [0, 0.05) is 33.4 Å². The van der Waals surface area contributed by atoms with Gasteiger partial charge in [0.05, 0.1) is 5.69 Å². The van der Waals surface area contributed by atoms with Gasteiger partial charge >= 0.3 is 0 Å². The summed E-state index contributed by atoms with van der Waals surface area (Å²) in [5.41, 5.74) is 2.17. The number of aromatic nitrogens is 3. The first-order valence-electron chi connectivity index (χ1n) is 8.29. The van der Waals surface area contributed by atoms with Gasteiger partial charge in [-0.2, -0.15) is 5.10 Å². The smallest absolute Gasteiger partial charge is 0.191 e. The van der Waals surface area contributed by atoms with Crippen LogP contribution in [-0.4, -0.2) is 47.5 Å². The van der Waals surface area contributed by atoms with Crippen molar-refractivity contribution in [2.75, 3.05) is 26.8 Å². The van der Waals surface area contributed by atoms with Crippen LogP contribution >= 0.6 is 24.0 Å². The normalized spacial score (nSPS) is 11.0. The van der Waals surface area contributed by atoms with Crippen LogP contribution in [0.15, 0.2) is 41.9 Å². The van der Waals surface area contributed by atoms with Crippen LogP contribution in [-0.2, 0) is 11.3 Å². The molecule has 1 aromatic carbocycles. The Balaban J connectivity index is 0.00000312. The lowest BCUT2D eigenvalue weighted by Crippen LogP contribution is -2.37. The molecule has 8 heteroatoms. The van der Waals surface area contributed by atoms with Crippen molar-refractivity contribution in [2.24, 2.45) is 4.99 Å². The summed E-state index contributed by atoms with van der Waals surface area (Å²) in [6.07, 6.45) is 5.33. The largest absolute Gasteiger partial charge is 0.382 e. The molecule has 0 aliphatic heterocycles. The average Bonchev–Trinajstić information content (AvgIpc) is 3.15. The van der Waals surface area contributed by atoms with Crippen LogP contribution in [0, 0.1) is 0 Å². The highest BCUT2D eigenvalue weighted by atomic mass is 127. The van der Waals surface area contributed by atoms with Crippen LogP contribution in [0.2, 0.25) is 0 Å². The topological polar surface area (TPSA) is 76.4 Å². The number of guanidine groups is 1. The number of nitrogens with one attached hydrogen (secondary N) is 2. The van der Waals surface area contributed by atoms with Gasteiger partial charge in [0.2, 0.25) is 0 Å². The number of aliphatic imine (C=N–C) groups is 1. The highest BCUT2D eigenvalue weighted by molar-refractivity contribution is 14.0. The monoisotopic (exact) mass is 458 g/mol. The fourth-order valence-electron chi connectivity index (χ4n) is 2.19. The second-order valence-corrected chi connectivity index (χ2v) is 5.26. The molecule has 0 atom stereocenters. The first-order valence-corrected chi connectivity index (χ1v) is 8.29. The molecule has 25 heavy (non-hydrogen) atoms. The highest BCUT2D eigenvalue weighted by Crippen LogP contribution is 2.07. The molecule has 1 aromatic heterocycles. The fourth-order valence-corrected chi connectivity index (χ4v) is 2.19. The maximum atomic E-state index is 5.32. The standard InChI is InChI=1S/C17H26N6O.HI/c1-3-24-11-5-4-10-20-17(18-2)21-12-15-6-8-16(9-7-15)23-14-19-13-22-23;/h6-9,13-14H,3-5,10-12H2,1-2H3,(H2,18,20,21);1H. The van der Waals surface area contributed by atoms with Crippen LogP contribution in [0.1, 0.15) is 25.3 Å². The molecule has 0 saturated carbocycles. The molecule has 0 spiro atoms. The van der Waals surface area contributed by atoms with Crippen molar-refractivity contribution in [1.82, 2.24) is 25.4 Å². The van der Waals surface area contributed by atoms with Crippen LogP contribution in [0.5, 0.6) is 0 Å². The SMILES string of the molecule is CCOCCCCNC(=NC)NCc1ccc(-n2cncn2)cc1.I. The molecule has 0 bridgehead atoms. The van der Waals surface area contributed by atoms with Gasteiger partial charge in [-0.25, -0.2) is 9.67 Å². The first-order chi connectivity index (χ1) is 11.8. The zero-order valence-corrected chi connectivity index (χ0v) is 17.1. The Labute approximate surface area is 166 Å². The van der Waals surface area contributed by atoms with Crippen molar-refractivity contribution in [3.8, 4) is 5.69 Å². The summed E-state index contributed by atoms with van der Waals surface area (Å²) in [6.45, 7) is 5.23. The van der Waals surface area contributed by atoms with Crippen LogP contribution in [0.4, 0.5) is 0 Å². The summed E-state index contributed by atoms with van der Waals surface area (Å²) in [4.78, 5) is 8.19. The molecular formula is C17H27IN6O. The lowest BCUT2D eigenvalue weighted by molar-refractivity contribution is 0.143. The van der Waals surface area contributed by atoms with Gasteiger partial charge < -0.3 is 15.4 Å². The van der Waals surface area contributed by atoms with E-state index in [4.69, 9.17) is 4.74 Å². The predicted octanol–water partition coefficient (Wildman–Crippen LogP) is 2.37. The van der Waals surface area contributed by atoms with E-state index in [-0.39, 0.29) is 24.0 Å². The number of rotatable bonds is 9. The highest BCUT2D eigenvalue weighted by Gasteiger charge is 2.00. The van der Waals surface area contributed by atoms with E-state index in [9.17, 15) is 0 Å². The zero-order chi connectivity index (χ0) is 17.0. The third-order valence-electron chi connectivity index (χ3n) is 3.52. The second-order valence-electron chi connectivity index (χ2n) is 5.26. The van der Waals surface area contributed by atoms with E-state index in [1.54, 1.807) is 18.1 Å². The minimum absolute atomic E-state index is 0. The van der Waals surface area contributed by atoms with Crippen molar-refractivity contribution >= 4 is 29.9 Å². The zero-order valence-electron chi connectivity index (χ0n) is 14.8. The first kappa shape index (κ1) is 21.4. The van der Waals surface area contributed by atoms with Gasteiger partial charge in [-0.1, -0.05) is 12.1 Å². The Bertz CT molecular complexity index is 600. The van der Waals surface area contributed by atoms with Gasteiger partial charge in [0.25, 0.3) is 0 Å². The molecule has 0 radical (unpaired) electrons. The van der Waals surface area contributed by atoms with Gasteiger partial charge in [-0.05, 0) is 37.5 Å². The molecule has 0 aliphatic carbocycles. The minimum Gasteiger partial charge on any atom is -0.382 e. The molecular weight excluding hydrogens is 431 g/mol. The number of ether oxygens (including phenoxy) is 1. The second kappa shape index (κ2) is 12.6. The Morgan fingerprint density at radius 3 is 2.64 bits per heavy atom. The van der Waals surface area contributed by atoms with Crippen molar-refractivity contribution < 1.29 is 4.74 Å². The quantitative estimate of drug-likeness (QED) is 0.261. The summed E-state index contributed by atoms with van der Waals surface area (Å²) in [7, 11) is 1.78. The van der Waals surface area contributed by atoms with Crippen molar-refractivity contribution in [2.45, 2.75) is 26.3 Å². The summed E-state index contributed by atoms with van der Waals surface area (Å²) >= 11 is 0. The molecule has 2 N–H and O–H groups in total. The molecule has 138 valence electrons. The van der Waals surface area contributed by atoms with Crippen LogP contribution in [0.3, 0.4) is 0 Å². The molecule has 0 aliphatic rings. The van der Waals surface area contributed by atoms with Gasteiger partial charge in [0.15, 0.2) is 5.96 Å². The molecule has 0 fully saturated rings. The lowest BCUT2D eigenvalue weighted by Gasteiger charge is -2.12. The number of halogens is 1. The maximum absolute atomic E-state index is 5.32. The number of unbranched alkanes of at least 4 members (excludes halogenated alkanes) is 1. The molecule has 2 aromatic rings. The van der Waals surface area contributed by atoms with E-state index in [0.29, 0.717) is 0 Å². The number of nitrogens with zero attached hydrogens (tertiary/aromatic N) is 4. The Kier molecular flexibility index (Phi) is 10.8. The van der Waals surface area contributed by atoms with E-state index < -0.39 is 0 Å². The summed E-state index contributed by atoms with van der Waals surface area (Å²) < 4.78 is 7.06. The number of benzene rings is 1. The maximum Gasteiger partial charge on any atom is 0.191 e. The van der Waals surface area contributed by atoms with Crippen molar-refractivity contribution in [3.63, 3.8) is 0 Å². The van der Waals surface area contributed by atoms with E-state index in [2.05, 4.69) is 37.8 Å². The molecule has 1 heterocycles. The molecule has 0 saturated heterocycles. The molecule has 0 amide bonds. The van der Waals surface area contributed by atoms with Gasteiger partial charge in [-0.15, -0.1) is 24.0 Å². The fraction of sp³-hybridized carbons (Fsp3) is 0.471. The third kappa shape index (κ3) is 7.82. The molecule has 7 nitrogen and oxygen atoms in total. The van der Waals surface area contributed by atoms with E-state index in [1.165, 1.54) is 11.9 Å². The summed E-state index contributed by atoms with van der Waals surface area (Å²) in [6, 6.07) is 8.18. The molecule has 2 rings (SSSR count). The predicted molar refractivity (Wildman–Crippen MR) is 111 cm³/mol. The third-order valence-corrected chi connectivity index (χ3v) is 3.52. The van der Waals surface area contributed by atoms with Crippen molar-refractivity contribution in [1.29, 1.82) is 0 Å². The Hall–Kier alpha value is -1.68. The van der Waals surface area contributed by atoms with Crippen molar-refractivity contribution in [3.05, 3.63) is 42.5 Å². The number of hydrogen-bond acceptors (Lipinski definition) is 4. The van der Waals surface area contributed by atoms with Crippen LogP contribution in [0.25, 0.3) is 5.69 Å². The Morgan fingerprint density at radius 1 is 1.20 bits per heavy atom. The lowest BCUT2D eigenvalue weighted by atomic mass is 10.2. The number of hydrogen-bond donors (Lipinski definition) is 2. The summed E-state index contributed by atoms with van der Waals surface area (Å²) in [5.74, 6) is 0.812. The minimum atomic E-state index is 0. The molecule has 0 unspecified atom stereocenters. The van der Waals surface area contributed by atoms with Gasteiger partial charge in [0.1, 0.15) is 12.7 Å². The van der Waals surface area contributed by atoms with Crippen LogP contribution < -0.4 is 10.6 Å².